The number of carbonyl (C=O) groups excluding carboxylic acids is 1. The van der Waals surface area contributed by atoms with Crippen LogP contribution < -0.4 is 4.74 Å². The molecule has 1 heterocycles. The smallest absolute Gasteiger partial charge is 0.189 e. The number of aryl methyl sites for hydroxylation is 1. The molecule has 1 aromatic heterocycles. The van der Waals surface area contributed by atoms with Gasteiger partial charge in [0.05, 0.1) is 17.9 Å². The lowest BCUT2D eigenvalue weighted by molar-refractivity contribution is 0.104. The summed E-state index contributed by atoms with van der Waals surface area (Å²) in [5, 5.41) is 4.10. The summed E-state index contributed by atoms with van der Waals surface area (Å²) in [7, 11) is 0. The molecule has 1 aromatic carbocycles. The van der Waals surface area contributed by atoms with Crippen LogP contribution in [0.2, 0.25) is 0 Å². The zero-order chi connectivity index (χ0) is 15.2. The fraction of sp³-hybridized carbons (Fsp3) is 0.294. The molecule has 4 nitrogen and oxygen atoms in total. The first-order chi connectivity index (χ1) is 10.1. The zero-order valence-electron chi connectivity index (χ0n) is 12.6. The van der Waals surface area contributed by atoms with Gasteiger partial charge < -0.3 is 4.74 Å². The van der Waals surface area contributed by atoms with E-state index in [2.05, 4.69) is 5.10 Å². The number of ketones is 1. The van der Waals surface area contributed by atoms with Gasteiger partial charge in [0, 0.05) is 12.7 Å². The van der Waals surface area contributed by atoms with Gasteiger partial charge in [0.15, 0.2) is 5.78 Å². The fourth-order valence-corrected chi connectivity index (χ4v) is 1.86. The molecular formula is C17H20N2O2. The largest absolute Gasteiger partial charge is 0.491 e. The van der Waals surface area contributed by atoms with Crippen molar-refractivity contribution in [3.05, 3.63) is 53.9 Å². The second-order valence-corrected chi connectivity index (χ2v) is 5.02. The van der Waals surface area contributed by atoms with Crippen molar-refractivity contribution in [2.24, 2.45) is 0 Å². The molecule has 0 aliphatic rings. The Labute approximate surface area is 125 Å². The molecule has 0 amide bonds. The molecule has 2 rings (SSSR count). The number of carbonyl (C=O) groups is 1. The molecule has 0 saturated heterocycles. The molecule has 0 unspecified atom stereocenters. The zero-order valence-corrected chi connectivity index (χ0v) is 12.6. The lowest BCUT2D eigenvalue weighted by Crippen LogP contribution is -2.05. The molecule has 0 spiro atoms. The van der Waals surface area contributed by atoms with Crippen LogP contribution in [0.3, 0.4) is 0 Å². The SMILES string of the molecule is CCn1cc(C(=O)C=Cc2ccc(OC(C)C)cc2)cn1. The average Bonchev–Trinajstić information content (AvgIpc) is 2.94. The van der Waals surface area contributed by atoms with Crippen LogP contribution in [0.1, 0.15) is 36.7 Å². The predicted octanol–water partition coefficient (Wildman–Crippen LogP) is 3.59. The molecule has 0 aliphatic carbocycles. The molecule has 4 heteroatoms. The second-order valence-electron chi connectivity index (χ2n) is 5.02. The van der Waals surface area contributed by atoms with Crippen molar-refractivity contribution < 1.29 is 9.53 Å². The lowest BCUT2D eigenvalue weighted by Gasteiger charge is -2.09. The third-order valence-electron chi connectivity index (χ3n) is 2.92. The van der Waals surface area contributed by atoms with Crippen molar-refractivity contribution in [2.75, 3.05) is 0 Å². The van der Waals surface area contributed by atoms with Gasteiger partial charge in [0.1, 0.15) is 5.75 Å². The van der Waals surface area contributed by atoms with Crippen molar-refractivity contribution >= 4 is 11.9 Å². The van der Waals surface area contributed by atoms with Crippen LogP contribution >= 0.6 is 0 Å². The van der Waals surface area contributed by atoms with Gasteiger partial charge in [-0.1, -0.05) is 18.2 Å². The molecule has 21 heavy (non-hydrogen) atoms. The Balaban J connectivity index is 2.01. The fourth-order valence-electron chi connectivity index (χ4n) is 1.86. The van der Waals surface area contributed by atoms with Crippen LogP contribution in [-0.2, 0) is 6.54 Å². The monoisotopic (exact) mass is 284 g/mol. The summed E-state index contributed by atoms with van der Waals surface area (Å²) in [4.78, 5) is 12.0. The van der Waals surface area contributed by atoms with E-state index in [4.69, 9.17) is 4.74 Å². The Morgan fingerprint density at radius 1 is 1.33 bits per heavy atom. The first-order valence-electron chi connectivity index (χ1n) is 7.10. The maximum absolute atomic E-state index is 12.0. The topological polar surface area (TPSA) is 44.1 Å². The molecule has 0 atom stereocenters. The van der Waals surface area contributed by atoms with Gasteiger partial charge >= 0.3 is 0 Å². The highest BCUT2D eigenvalue weighted by Crippen LogP contribution is 2.15. The van der Waals surface area contributed by atoms with E-state index in [0.29, 0.717) is 5.56 Å². The van der Waals surface area contributed by atoms with Crippen LogP contribution in [0.5, 0.6) is 5.75 Å². The Morgan fingerprint density at radius 3 is 2.62 bits per heavy atom. The Morgan fingerprint density at radius 2 is 2.05 bits per heavy atom. The summed E-state index contributed by atoms with van der Waals surface area (Å²) >= 11 is 0. The number of nitrogens with zero attached hydrogens (tertiary/aromatic N) is 2. The normalized spacial score (nSPS) is 11.2. The van der Waals surface area contributed by atoms with E-state index >= 15 is 0 Å². The molecule has 0 aliphatic heterocycles. The Hall–Kier alpha value is -2.36. The minimum absolute atomic E-state index is 0.0443. The van der Waals surface area contributed by atoms with Crippen LogP contribution in [0.4, 0.5) is 0 Å². The first-order valence-corrected chi connectivity index (χ1v) is 7.10. The van der Waals surface area contributed by atoms with E-state index in [1.807, 2.05) is 45.0 Å². The summed E-state index contributed by atoms with van der Waals surface area (Å²) in [6.45, 7) is 6.72. The van der Waals surface area contributed by atoms with Gasteiger partial charge in [-0.3, -0.25) is 9.48 Å². The molecule has 2 aromatic rings. The number of rotatable bonds is 6. The van der Waals surface area contributed by atoms with E-state index in [0.717, 1.165) is 17.9 Å². The maximum Gasteiger partial charge on any atom is 0.189 e. The number of benzene rings is 1. The number of hydrogen-bond acceptors (Lipinski definition) is 3. The minimum Gasteiger partial charge on any atom is -0.491 e. The summed E-state index contributed by atoms with van der Waals surface area (Å²) in [5.41, 5.74) is 1.57. The van der Waals surface area contributed by atoms with Crippen LogP contribution in [0, 0.1) is 0 Å². The van der Waals surface area contributed by atoms with Gasteiger partial charge in [-0.2, -0.15) is 5.10 Å². The standard InChI is InChI=1S/C17H20N2O2/c1-4-19-12-15(11-18-19)17(20)10-7-14-5-8-16(9-6-14)21-13(2)3/h5-13H,4H2,1-3H3. The van der Waals surface area contributed by atoms with Crippen LogP contribution in [-0.4, -0.2) is 21.7 Å². The molecule has 110 valence electrons. The third kappa shape index (κ3) is 4.31. The van der Waals surface area contributed by atoms with E-state index < -0.39 is 0 Å². The van der Waals surface area contributed by atoms with Gasteiger partial charge in [-0.25, -0.2) is 0 Å². The summed E-state index contributed by atoms with van der Waals surface area (Å²) in [5.74, 6) is 0.787. The lowest BCUT2D eigenvalue weighted by atomic mass is 10.1. The van der Waals surface area contributed by atoms with E-state index in [1.165, 1.54) is 0 Å². The quantitative estimate of drug-likeness (QED) is 0.601. The Kier molecular flexibility index (Phi) is 4.93. The highest BCUT2D eigenvalue weighted by molar-refractivity contribution is 6.06. The minimum atomic E-state index is -0.0443. The van der Waals surface area contributed by atoms with Gasteiger partial charge in [-0.05, 0) is 44.5 Å². The van der Waals surface area contributed by atoms with E-state index in [9.17, 15) is 4.79 Å². The maximum atomic E-state index is 12.0. The van der Waals surface area contributed by atoms with E-state index in [1.54, 1.807) is 29.2 Å². The average molecular weight is 284 g/mol. The van der Waals surface area contributed by atoms with Crippen molar-refractivity contribution in [3.63, 3.8) is 0 Å². The summed E-state index contributed by atoms with van der Waals surface area (Å²) in [6, 6.07) is 7.66. The molecule has 0 saturated carbocycles. The first kappa shape index (κ1) is 15.0. The molecule has 0 radical (unpaired) electrons. The Bertz CT molecular complexity index is 624. The highest BCUT2D eigenvalue weighted by Gasteiger charge is 2.04. The highest BCUT2D eigenvalue weighted by atomic mass is 16.5. The summed E-state index contributed by atoms with van der Waals surface area (Å²) < 4.78 is 7.31. The number of aromatic nitrogens is 2. The number of ether oxygens (including phenoxy) is 1. The van der Waals surface area contributed by atoms with Crippen molar-refractivity contribution in [2.45, 2.75) is 33.4 Å². The third-order valence-corrected chi connectivity index (χ3v) is 2.92. The number of hydrogen-bond donors (Lipinski definition) is 0. The molecular weight excluding hydrogens is 264 g/mol. The van der Waals surface area contributed by atoms with Crippen molar-refractivity contribution in [1.29, 1.82) is 0 Å². The van der Waals surface area contributed by atoms with Gasteiger partial charge in [0.2, 0.25) is 0 Å². The summed E-state index contributed by atoms with van der Waals surface area (Å²) in [6.07, 6.45) is 6.87. The van der Waals surface area contributed by atoms with Gasteiger partial charge in [-0.15, -0.1) is 0 Å². The van der Waals surface area contributed by atoms with E-state index in [-0.39, 0.29) is 11.9 Å². The van der Waals surface area contributed by atoms with Crippen molar-refractivity contribution in [1.82, 2.24) is 9.78 Å². The molecule has 0 N–H and O–H groups in total. The molecule has 0 bridgehead atoms. The van der Waals surface area contributed by atoms with Gasteiger partial charge in [0.25, 0.3) is 0 Å². The molecule has 0 fully saturated rings. The van der Waals surface area contributed by atoms with Crippen LogP contribution in [0.15, 0.2) is 42.7 Å². The predicted molar refractivity (Wildman–Crippen MR) is 83.5 cm³/mol. The van der Waals surface area contributed by atoms with Crippen molar-refractivity contribution in [3.8, 4) is 5.75 Å². The number of allylic oxidation sites excluding steroid dienone is 1. The second kappa shape index (κ2) is 6.88. The van der Waals surface area contributed by atoms with Crippen LogP contribution in [0.25, 0.3) is 6.08 Å².